The molecule has 0 radical (unpaired) electrons. The van der Waals surface area contributed by atoms with Crippen molar-refractivity contribution in [2.45, 2.75) is 32.0 Å². The number of rotatable bonds is 6. The van der Waals surface area contributed by atoms with Gasteiger partial charge in [0, 0.05) is 7.11 Å². The number of carboxylic acids is 1. The average molecular weight is 271 g/mol. The molecule has 0 aromatic carbocycles. The maximum absolute atomic E-state index is 12.3. The van der Waals surface area contributed by atoms with Crippen molar-refractivity contribution in [1.82, 2.24) is 4.90 Å². The second kappa shape index (κ2) is 6.03. The molecular weight excluding hydrogens is 255 g/mol. The van der Waals surface area contributed by atoms with Gasteiger partial charge in [-0.3, -0.25) is 9.59 Å². The molecule has 18 heavy (non-hydrogen) atoms. The summed E-state index contributed by atoms with van der Waals surface area (Å²) in [6.07, 6.45) is -4.52. The Labute approximate surface area is 103 Å². The molecule has 0 saturated carbocycles. The number of halogens is 3. The maximum Gasteiger partial charge on any atom is 0.406 e. The second-order valence-electron chi connectivity index (χ2n) is 3.96. The highest BCUT2D eigenvalue weighted by Crippen LogP contribution is 2.22. The van der Waals surface area contributed by atoms with Gasteiger partial charge in [-0.25, -0.2) is 0 Å². The minimum absolute atomic E-state index is 0.135. The van der Waals surface area contributed by atoms with Crippen LogP contribution >= 0.6 is 0 Å². The SMILES string of the molecule is CCC(C)(OC)C(=O)N(CC(=O)O)CC(F)(F)F. The number of carboxylic acid groups (broad SMARTS) is 1. The Morgan fingerprint density at radius 2 is 1.83 bits per heavy atom. The molecule has 0 bridgehead atoms. The molecule has 0 aliphatic carbocycles. The lowest BCUT2D eigenvalue weighted by molar-refractivity contribution is -0.177. The molecule has 1 N–H and O–H groups in total. The number of nitrogens with zero attached hydrogens (tertiary/aromatic N) is 1. The average Bonchev–Trinajstić information content (AvgIpc) is 2.23. The van der Waals surface area contributed by atoms with Crippen molar-refractivity contribution in [3.8, 4) is 0 Å². The minimum atomic E-state index is -4.66. The molecule has 0 aliphatic rings. The van der Waals surface area contributed by atoms with Crippen molar-refractivity contribution >= 4 is 11.9 Å². The molecule has 0 spiro atoms. The highest BCUT2D eigenvalue weighted by molar-refractivity contribution is 5.87. The standard InChI is InChI=1S/C10H16F3NO4/c1-4-9(2,18-3)8(17)14(5-7(15)16)6-10(11,12)13/h4-6H2,1-3H3,(H,15,16). The van der Waals surface area contributed by atoms with Crippen molar-refractivity contribution < 1.29 is 32.6 Å². The zero-order chi connectivity index (χ0) is 14.6. The predicted octanol–water partition coefficient (Wildman–Crippen LogP) is 1.28. The Morgan fingerprint density at radius 1 is 1.33 bits per heavy atom. The van der Waals surface area contributed by atoms with Gasteiger partial charge in [-0.2, -0.15) is 13.2 Å². The van der Waals surface area contributed by atoms with Gasteiger partial charge in [0.05, 0.1) is 0 Å². The van der Waals surface area contributed by atoms with Crippen LogP contribution in [0.1, 0.15) is 20.3 Å². The van der Waals surface area contributed by atoms with E-state index in [2.05, 4.69) is 0 Å². The van der Waals surface area contributed by atoms with Gasteiger partial charge < -0.3 is 14.7 Å². The minimum Gasteiger partial charge on any atom is -0.480 e. The molecular formula is C10H16F3NO4. The molecule has 1 atom stereocenters. The van der Waals surface area contributed by atoms with E-state index in [1.807, 2.05) is 0 Å². The van der Waals surface area contributed by atoms with Gasteiger partial charge in [-0.1, -0.05) is 6.92 Å². The Morgan fingerprint density at radius 3 is 2.11 bits per heavy atom. The van der Waals surface area contributed by atoms with Gasteiger partial charge in [0.15, 0.2) is 0 Å². The molecule has 1 unspecified atom stereocenters. The number of hydrogen-bond donors (Lipinski definition) is 1. The van der Waals surface area contributed by atoms with E-state index in [-0.39, 0.29) is 11.3 Å². The first-order chi connectivity index (χ1) is 8.05. The fourth-order valence-corrected chi connectivity index (χ4v) is 1.30. The van der Waals surface area contributed by atoms with Gasteiger partial charge in [0.1, 0.15) is 18.7 Å². The summed E-state index contributed by atoms with van der Waals surface area (Å²) in [5.74, 6) is -2.51. The molecule has 0 aromatic heterocycles. The number of carbonyl (C=O) groups is 2. The fourth-order valence-electron chi connectivity index (χ4n) is 1.30. The number of alkyl halides is 3. The van der Waals surface area contributed by atoms with E-state index in [9.17, 15) is 22.8 Å². The van der Waals surface area contributed by atoms with E-state index in [0.717, 1.165) is 0 Å². The third-order valence-corrected chi connectivity index (χ3v) is 2.56. The predicted molar refractivity (Wildman–Crippen MR) is 56.0 cm³/mol. The molecule has 5 nitrogen and oxygen atoms in total. The molecule has 106 valence electrons. The van der Waals surface area contributed by atoms with E-state index < -0.39 is 36.7 Å². The lowest BCUT2D eigenvalue weighted by Gasteiger charge is -2.32. The third kappa shape index (κ3) is 4.91. The number of methoxy groups -OCH3 is 1. The van der Waals surface area contributed by atoms with Crippen molar-refractivity contribution in [1.29, 1.82) is 0 Å². The first-order valence-electron chi connectivity index (χ1n) is 5.19. The van der Waals surface area contributed by atoms with E-state index in [0.29, 0.717) is 0 Å². The summed E-state index contributed by atoms with van der Waals surface area (Å²) in [4.78, 5) is 22.6. The third-order valence-electron chi connectivity index (χ3n) is 2.56. The van der Waals surface area contributed by atoms with E-state index in [1.165, 1.54) is 14.0 Å². The molecule has 0 heterocycles. The molecule has 1 amide bonds. The second-order valence-corrected chi connectivity index (χ2v) is 3.96. The first kappa shape index (κ1) is 16.7. The monoisotopic (exact) mass is 271 g/mol. The lowest BCUT2D eigenvalue weighted by atomic mass is 10.0. The van der Waals surface area contributed by atoms with Gasteiger partial charge in [-0.15, -0.1) is 0 Å². The Bertz CT molecular complexity index is 313. The summed E-state index contributed by atoms with van der Waals surface area (Å²) in [6.45, 7) is 0.253. The van der Waals surface area contributed by atoms with Crippen molar-refractivity contribution in [2.75, 3.05) is 20.2 Å². The smallest absolute Gasteiger partial charge is 0.406 e. The number of aliphatic carboxylic acids is 1. The van der Waals surface area contributed by atoms with Crippen LogP contribution in [-0.2, 0) is 14.3 Å². The summed E-state index contributed by atoms with van der Waals surface area (Å²) in [5.41, 5.74) is -1.46. The summed E-state index contributed by atoms with van der Waals surface area (Å²) >= 11 is 0. The van der Waals surface area contributed by atoms with Gasteiger partial charge in [0.25, 0.3) is 5.91 Å². The summed E-state index contributed by atoms with van der Waals surface area (Å²) in [6, 6.07) is 0. The zero-order valence-electron chi connectivity index (χ0n) is 10.4. The van der Waals surface area contributed by atoms with E-state index in [4.69, 9.17) is 9.84 Å². The lowest BCUT2D eigenvalue weighted by Crippen LogP contribution is -2.52. The highest BCUT2D eigenvalue weighted by Gasteiger charge is 2.41. The Balaban J connectivity index is 5.07. The Hall–Kier alpha value is -1.31. The number of hydrogen-bond acceptors (Lipinski definition) is 3. The van der Waals surface area contributed by atoms with Crippen molar-refractivity contribution in [3.05, 3.63) is 0 Å². The van der Waals surface area contributed by atoms with E-state index >= 15 is 0 Å². The number of ether oxygens (including phenoxy) is 1. The first-order valence-corrected chi connectivity index (χ1v) is 5.19. The number of amides is 1. The van der Waals surface area contributed by atoms with Crippen LogP contribution in [0.5, 0.6) is 0 Å². The van der Waals surface area contributed by atoms with Crippen LogP contribution in [0.15, 0.2) is 0 Å². The van der Waals surface area contributed by atoms with Gasteiger partial charge in [-0.05, 0) is 13.3 Å². The van der Waals surface area contributed by atoms with Crippen LogP contribution < -0.4 is 0 Å². The summed E-state index contributed by atoms with van der Waals surface area (Å²) in [5, 5.41) is 8.54. The van der Waals surface area contributed by atoms with Crippen LogP contribution in [0.25, 0.3) is 0 Å². The maximum atomic E-state index is 12.3. The Kier molecular flexibility index (Phi) is 5.59. The van der Waals surface area contributed by atoms with Crippen molar-refractivity contribution in [3.63, 3.8) is 0 Å². The van der Waals surface area contributed by atoms with Crippen LogP contribution in [0.2, 0.25) is 0 Å². The van der Waals surface area contributed by atoms with Crippen LogP contribution in [0.3, 0.4) is 0 Å². The normalized spacial score (nSPS) is 15.0. The zero-order valence-corrected chi connectivity index (χ0v) is 10.4. The van der Waals surface area contributed by atoms with Crippen LogP contribution in [-0.4, -0.2) is 53.9 Å². The largest absolute Gasteiger partial charge is 0.480 e. The van der Waals surface area contributed by atoms with E-state index in [1.54, 1.807) is 6.92 Å². The van der Waals surface area contributed by atoms with Crippen LogP contribution in [0.4, 0.5) is 13.2 Å². The molecule has 0 rings (SSSR count). The van der Waals surface area contributed by atoms with Crippen molar-refractivity contribution in [2.24, 2.45) is 0 Å². The molecule has 0 saturated heterocycles. The molecule has 0 aromatic rings. The molecule has 8 heteroatoms. The quantitative estimate of drug-likeness (QED) is 0.790. The molecule has 0 fully saturated rings. The number of carbonyl (C=O) groups excluding carboxylic acids is 1. The fraction of sp³-hybridized carbons (Fsp3) is 0.800. The summed E-state index contributed by atoms with van der Waals surface area (Å²) in [7, 11) is 1.19. The highest BCUT2D eigenvalue weighted by atomic mass is 19.4. The van der Waals surface area contributed by atoms with Gasteiger partial charge in [0.2, 0.25) is 0 Å². The van der Waals surface area contributed by atoms with Crippen LogP contribution in [0, 0.1) is 0 Å². The molecule has 0 aliphatic heterocycles. The topological polar surface area (TPSA) is 66.8 Å². The van der Waals surface area contributed by atoms with Gasteiger partial charge >= 0.3 is 12.1 Å². The summed E-state index contributed by atoms with van der Waals surface area (Å²) < 4.78 is 41.7.